The second-order valence-corrected chi connectivity index (χ2v) is 5.32. The van der Waals surface area contributed by atoms with Gasteiger partial charge in [0.25, 0.3) is 0 Å². The summed E-state index contributed by atoms with van der Waals surface area (Å²) in [5.74, 6) is 0. The zero-order chi connectivity index (χ0) is 15.9. The third-order valence-electron chi connectivity index (χ3n) is 3.52. The average molecular weight is 393 g/mol. The molecule has 124 valence electrons. The molecule has 0 saturated heterocycles. The molecular weight excluding hydrogens is 371 g/mol. The number of rotatable bonds is 0. The van der Waals surface area contributed by atoms with E-state index in [2.05, 4.69) is 91.5 Å². The molecule has 0 bridgehead atoms. The van der Waals surface area contributed by atoms with Gasteiger partial charge in [0, 0.05) is 0 Å². The maximum absolute atomic E-state index is 3.25. The molecule has 0 aliphatic rings. The first-order chi connectivity index (χ1) is 10.7. The molecule has 0 N–H and O–H groups in total. The van der Waals surface area contributed by atoms with Gasteiger partial charge in [-0.2, -0.15) is 12.1 Å². The summed E-state index contributed by atoms with van der Waals surface area (Å²) in [6.45, 7) is 4.25. The van der Waals surface area contributed by atoms with Crippen molar-refractivity contribution in [1.29, 1.82) is 0 Å². The van der Waals surface area contributed by atoms with Gasteiger partial charge in [0.15, 0.2) is 0 Å². The van der Waals surface area contributed by atoms with Crippen molar-refractivity contribution in [2.24, 2.45) is 0 Å². The molecular formula is C21H22Cl2Ti. The molecule has 0 amide bonds. The molecule has 4 aromatic carbocycles. The molecule has 4 aromatic rings. The number of fused-ring (bicyclic) bond motifs is 2. The standard InChI is InChI=1S/2C10H9.CH2.2ClH.Ti/c2*1-8-6-9-4-2-3-5-10(9)7-8;;;;/h2*2-7H,1H3;1H2;2*1H;/q2*-1;;;;+2. The van der Waals surface area contributed by atoms with Crippen LogP contribution in [0.2, 0.25) is 0 Å². The molecule has 0 aliphatic carbocycles. The van der Waals surface area contributed by atoms with E-state index in [-0.39, 0.29) is 24.8 Å². The molecule has 0 aromatic heterocycles. The fraction of sp³-hybridized carbons (Fsp3) is 0.0952. The van der Waals surface area contributed by atoms with Crippen LogP contribution < -0.4 is 0 Å². The molecule has 24 heavy (non-hydrogen) atoms. The van der Waals surface area contributed by atoms with E-state index in [1.807, 2.05) is 0 Å². The average Bonchev–Trinajstić information content (AvgIpc) is 3.10. The van der Waals surface area contributed by atoms with Crippen LogP contribution in [0.25, 0.3) is 21.5 Å². The van der Waals surface area contributed by atoms with Crippen LogP contribution in [0, 0.1) is 13.8 Å². The first-order valence-electron chi connectivity index (χ1n) is 7.32. The summed E-state index contributed by atoms with van der Waals surface area (Å²) in [6.07, 6.45) is 0. The van der Waals surface area contributed by atoms with E-state index < -0.39 is 0 Å². The summed E-state index contributed by atoms with van der Waals surface area (Å²) in [4.78, 5) is 3.25. The topological polar surface area (TPSA) is 0 Å². The fourth-order valence-electron chi connectivity index (χ4n) is 2.61. The summed E-state index contributed by atoms with van der Waals surface area (Å²) in [5, 5.41) is 5.39. The Hall–Kier alpha value is -1.18. The fourth-order valence-corrected chi connectivity index (χ4v) is 2.61. The third kappa shape index (κ3) is 6.04. The first-order valence-corrected chi connectivity index (χ1v) is 8.42. The first kappa shape index (κ1) is 22.8. The van der Waals surface area contributed by atoms with Crippen LogP contribution in [0.1, 0.15) is 11.1 Å². The minimum absolute atomic E-state index is 0. The second-order valence-electron chi connectivity index (χ2n) is 5.32. The van der Waals surface area contributed by atoms with Gasteiger partial charge in [0.2, 0.25) is 0 Å². The number of hydrogen-bond donors (Lipinski definition) is 0. The summed E-state index contributed by atoms with van der Waals surface area (Å²) in [5.41, 5.74) is 2.70. The van der Waals surface area contributed by atoms with Crippen LogP contribution in [0.5, 0.6) is 0 Å². The van der Waals surface area contributed by atoms with E-state index in [1.54, 1.807) is 20.0 Å². The Balaban J connectivity index is 0.000000372. The minimum atomic E-state index is 0. The SMILES string of the molecule is Cc1cc2ccccc2[cH-]1.Cc1cc2ccccc2[cH-]1.Cl.Cl.[CH2]=[Ti+2]. The van der Waals surface area contributed by atoms with E-state index in [4.69, 9.17) is 0 Å². The summed E-state index contributed by atoms with van der Waals surface area (Å²) < 4.78 is 0. The molecule has 0 nitrogen and oxygen atoms in total. The molecule has 0 saturated carbocycles. The monoisotopic (exact) mass is 392 g/mol. The van der Waals surface area contributed by atoms with Crippen LogP contribution in [-0.4, -0.2) is 4.82 Å². The summed E-state index contributed by atoms with van der Waals surface area (Å²) in [6, 6.07) is 25.7. The van der Waals surface area contributed by atoms with Crippen LogP contribution in [0.4, 0.5) is 0 Å². The van der Waals surface area contributed by atoms with Gasteiger partial charge >= 0.3 is 24.8 Å². The Morgan fingerprint density at radius 3 is 1.33 bits per heavy atom. The van der Waals surface area contributed by atoms with Gasteiger partial charge in [0.1, 0.15) is 0 Å². The molecule has 0 atom stereocenters. The predicted molar refractivity (Wildman–Crippen MR) is 110 cm³/mol. The molecule has 0 aliphatic heterocycles. The van der Waals surface area contributed by atoms with E-state index in [9.17, 15) is 0 Å². The Labute approximate surface area is 168 Å². The summed E-state index contributed by atoms with van der Waals surface area (Å²) in [7, 11) is 0. The van der Waals surface area contributed by atoms with Gasteiger partial charge in [-0.05, 0) is 0 Å². The molecule has 0 heterocycles. The van der Waals surface area contributed by atoms with Crippen molar-refractivity contribution in [3.05, 3.63) is 83.9 Å². The van der Waals surface area contributed by atoms with Crippen molar-refractivity contribution >= 4 is 51.2 Å². The van der Waals surface area contributed by atoms with Crippen molar-refractivity contribution in [2.45, 2.75) is 13.8 Å². The van der Waals surface area contributed by atoms with Gasteiger partial charge in [-0.3, -0.25) is 0 Å². The Morgan fingerprint density at radius 2 is 1.00 bits per heavy atom. The van der Waals surface area contributed by atoms with Gasteiger partial charge in [0.05, 0.1) is 0 Å². The zero-order valence-electron chi connectivity index (χ0n) is 14.0. The van der Waals surface area contributed by atoms with Gasteiger partial charge in [-0.1, -0.05) is 26.0 Å². The maximum atomic E-state index is 3.25. The molecule has 3 heteroatoms. The Morgan fingerprint density at radius 1 is 0.667 bits per heavy atom. The Kier molecular flexibility index (Phi) is 10.8. The van der Waals surface area contributed by atoms with Crippen LogP contribution in [0.15, 0.2) is 72.8 Å². The molecule has 4 rings (SSSR count). The number of aryl methyl sites for hydroxylation is 2. The van der Waals surface area contributed by atoms with Crippen LogP contribution in [-0.2, 0) is 20.0 Å². The van der Waals surface area contributed by atoms with E-state index >= 15 is 0 Å². The van der Waals surface area contributed by atoms with Crippen molar-refractivity contribution < 1.29 is 20.0 Å². The van der Waals surface area contributed by atoms with Gasteiger partial charge in [-0.15, -0.1) is 106 Å². The van der Waals surface area contributed by atoms with Crippen LogP contribution in [0.3, 0.4) is 0 Å². The van der Waals surface area contributed by atoms with E-state index in [1.165, 1.54) is 32.7 Å². The molecule has 0 radical (unpaired) electrons. The zero-order valence-corrected chi connectivity index (χ0v) is 17.1. The van der Waals surface area contributed by atoms with Crippen molar-refractivity contribution in [3.8, 4) is 0 Å². The Bertz CT molecular complexity index is 720. The number of halogens is 2. The van der Waals surface area contributed by atoms with Gasteiger partial charge in [-0.25, -0.2) is 0 Å². The normalized spacial score (nSPS) is 9.00. The quantitative estimate of drug-likeness (QED) is 0.235. The molecule has 0 unspecified atom stereocenters. The van der Waals surface area contributed by atoms with Crippen molar-refractivity contribution in [1.82, 2.24) is 0 Å². The van der Waals surface area contributed by atoms with Gasteiger partial charge < -0.3 is 0 Å². The van der Waals surface area contributed by atoms with Crippen molar-refractivity contribution in [3.63, 3.8) is 0 Å². The van der Waals surface area contributed by atoms with Crippen molar-refractivity contribution in [2.75, 3.05) is 0 Å². The predicted octanol–water partition coefficient (Wildman–Crippen LogP) is 6.54. The number of hydrogen-bond acceptors (Lipinski definition) is 0. The van der Waals surface area contributed by atoms with Crippen LogP contribution >= 0.6 is 24.8 Å². The number of benzene rings is 2. The second kappa shape index (κ2) is 11.4. The third-order valence-corrected chi connectivity index (χ3v) is 3.52. The van der Waals surface area contributed by atoms with E-state index in [0.717, 1.165) is 0 Å². The molecule has 0 fully saturated rings. The summed E-state index contributed by atoms with van der Waals surface area (Å²) >= 11 is 1.75. The van der Waals surface area contributed by atoms with E-state index in [0.29, 0.717) is 0 Å². The molecule has 0 spiro atoms.